The second-order valence-corrected chi connectivity index (χ2v) is 4.69. The number of benzene rings is 1. The van der Waals surface area contributed by atoms with Gasteiger partial charge in [0, 0.05) is 25.3 Å². The van der Waals surface area contributed by atoms with E-state index in [-0.39, 0.29) is 23.1 Å². The van der Waals surface area contributed by atoms with E-state index >= 15 is 0 Å². The lowest BCUT2D eigenvalue weighted by Gasteiger charge is -2.25. The summed E-state index contributed by atoms with van der Waals surface area (Å²) < 4.78 is 33.3. The molecule has 0 unspecified atom stereocenters. The predicted octanol–water partition coefficient (Wildman–Crippen LogP) is 1.67. The average molecular weight is 285 g/mol. The van der Waals surface area contributed by atoms with E-state index in [1.54, 1.807) is 12.0 Å². The van der Waals surface area contributed by atoms with Crippen LogP contribution in [0.15, 0.2) is 17.3 Å². The molecule has 1 aromatic rings. The van der Waals surface area contributed by atoms with Crippen molar-refractivity contribution in [3.63, 3.8) is 0 Å². The van der Waals surface area contributed by atoms with E-state index in [0.29, 0.717) is 13.2 Å². The molecule has 110 valence electrons. The highest BCUT2D eigenvalue weighted by Gasteiger charge is 2.32. The molecule has 2 rings (SSSR count). The Kier molecular flexibility index (Phi) is 4.39. The minimum absolute atomic E-state index is 0.00809. The number of rotatable bonds is 6. The molecular weight excluding hydrogens is 268 g/mol. The molecule has 1 saturated carbocycles. The monoisotopic (exact) mass is 285 g/mol. The number of methoxy groups -OCH3 is 1. The van der Waals surface area contributed by atoms with Gasteiger partial charge < -0.3 is 20.6 Å². The first kappa shape index (κ1) is 14.5. The van der Waals surface area contributed by atoms with Crippen LogP contribution in [0.2, 0.25) is 0 Å². The molecule has 0 heterocycles. The summed E-state index contributed by atoms with van der Waals surface area (Å²) >= 11 is 0. The van der Waals surface area contributed by atoms with Gasteiger partial charge in [0.15, 0.2) is 5.84 Å². The normalized spacial score (nSPS) is 15.4. The SMILES string of the molecule is COCCN(c1c(F)cc(C(N)=NO)cc1F)C1CC1. The molecule has 0 aromatic heterocycles. The van der Waals surface area contributed by atoms with Gasteiger partial charge in [-0.05, 0) is 25.0 Å². The Morgan fingerprint density at radius 1 is 1.45 bits per heavy atom. The molecule has 1 fully saturated rings. The Morgan fingerprint density at radius 2 is 2.05 bits per heavy atom. The van der Waals surface area contributed by atoms with Crippen LogP contribution in [0.5, 0.6) is 0 Å². The second-order valence-electron chi connectivity index (χ2n) is 4.69. The standard InChI is InChI=1S/C13H17F2N3O2/c1-20-5-4-18(9-2-3-9)12-10(14)6-8(7-11(12)15)13(16)17-19/h6-7,9,19H,2-5H2,1H3,(H2,16,17). The van der Waals surface area contributed by atoms with E-state index in [4.69, 9.17) is 15.7 Å². The van der Waals surface area contributed by atoms with Crippen molar-refractivity contribution in [2.24, 2.45) is 10.9 Å². The number of nitrogens with zero attached hydrogens (tertiary/aromatic N) is 2. The summed E-state index contributed by atoms with van der Waals surface area (Å²) in [4.78, 5) is 1.67. The van der Waals surface area contributed by atoms with Gasteiger partial charge in [-0.15, -0.1) is 0 Å². The second kappa shape index (κ2) is 6.04. The average Bonchev–Trinajstić information content (AvgIpc) is 3.25. The van der Waals surface area contributed by atoms with Crippen molar-refractivity contribution in [1.29, 1.82) is 0 Å². The number of anilines is 1. The molecule has 0 amide bonds. The van der Waals surface area contributed by atoms with E-state index in [1.165, 1.54) is 0 Å². The number of ether oxygens (including phenoxy) is 1. The maximum Gasteiger partial charge on any atom is 0.170 e. The largest absolute Gasteiger partial charge is 0.409 e. The van der Waals surface area contributed by atoms with Crippen molar-refractivity contribution < 1.29 is 18.7 Å². The molecule has 0 spiro atoms. The molecule has 1 aliphatic rings. The number of amidine groups is 1. The molecule has 1 aliphatic carbocycles. The predicted molar refractivity (Wildman–Crippen MR) is 71.1 cm³/mol. The Balaban J connectivity index is 2.34. The summed E-state index contributed by atoms with van der Waals surface area (Å²) in [6, 6.07) is 2.27. The topological polar surface area (TPSA) is 71.1 Å². The smallest absolute Gasteiger partial charge is 0.170 e. The summed E-state index contributed by atoms with van der Waals surface area (Å²) in [6.45, 7) is 0.801. The van der Waals surface area contributed by atoms with Crippen LogP contribution < -0.4 is 10.6 Å². The molecule has 0 atom stereocenters. The van der Waals surface area contributed by atoms with Crippen molar-refractivity contribution in [2.45, 2.75) is 18.9 Å². The van der Waals surface area contributed by atoms with Gasteiger partial charge in [0.05, 0.1) is 6.61 Å². The quantitative estimate of drug-likeness (QED) is 0.361. The van der Waals surface area contributed by atoms with Crippen molar-refractivity contribution in [1.82, 2.24) is 0 Å². The maximum absolute atomic E-state index is 14.2. The molecule has 7 heteroatoms. The number of nitrogens with two attached hydrogens (primary N) is 1. The number of halogens is 2. The van der Waals surface area contributed by atoms with Gasteiger partial charge in [-0.25, -0.2) is 8.78 Å². The summed E-state index contributed by atoms with van der Waals surface area (Å²) in [7, 11) is 1.54. The lowest BCUT2D eigenvalue weighted by molar-refractivity contribution is 0.204. The summed E-state index contributed by atoms with van der Waals surface area (Å²) in [6.07, 6.45) is 1.81. The molecule has 20 heavy (non-hydrogen) atoms. The zero-order valence-corrected chi connectivity index (χ0v) is 11.1. The van der Waals surface area contributed by atoms with Gasteiger partial charge >= 0.3 is 0 Å². The molecule has 0 radical (unpaired) electrons. The highest BCUT2D eigenvalue weighted by atomic mass is 19.1. The third-order valence-corrected chi connectivity index (χ3v) is 3.23. The highest BCUT2D eigenvalue weighted by molar-refractivity contribution is 5.97. The Labute approximate surface area is 115 Å². The van der Waals surface area contributed by atoms with Gasteiger partial charge in [-0.1, -0.05) is 5.16 Å². The number of oxime groups is 1. The van der Waals surface area contributed by atoms with Crippen molar-refractivity contribution in [3.05, 3.63) is 29.3 Å². The minimum Gasteiger partial charge on any atom is -0.409 e. The first-order chi connectivity index (χ1) is 9.58. The lowest BCUT2D eigenvalue weighted by atomic mass is 10.1. The van der Waals surface area contributed by atoms with Gasteiger partial charge in [0.1, 0.15) is 17.3 Å². The summed E-state index contributed by atoms with van der Waals surface area (Å²) in [5.41, 5.74) is 5.27. The molecule has 1 aromatic carbocycles. The van der Waals surface area contributed by atoms with Crippen LogP contribution in [0.25, 0.3) is 0 Å². The third-order valence-electron chi connectivity index (χ3n) is 3.23. The van der Waals surface area contributed by atoms with Gasteiger partial charge in [0.25, 0.3) is 0 Å². The molecule has 0 aliphatic heterocycles. The third kappa shape index (κ3) is 2.98. The summed E-state index contributed by atoms with van der Waals surface area (Å²) in [5.74, 6) is -1.78. The van der Waals surface area contributed by atoms with Crippen LogP contribution in [0.4, 0.5) is 14.5 Å². The fourth-order valence-corrected chi connectivity index (χ4v) is 2.10. The van der Waals surface area contributed by atoms with E-state index in [1.807, 2.05) is 0 Å². The van der Waals surface area contributed by atoms with Gasteiger partial charge in [-0.3, -0.25) is 0 Å². The highest BCUT2D eigenvalue weighted by Crippen LogP contribution is 2.35. The van der Waals surface area contributed by atoms with Crippen molar-refractivity contribution in [3.8, 4) is 0 Å². The molecule has 0 bridgehead atoms. The molecular formula is C13H17F2N3O2. The van der Waals surface area contributed by atoms with Crippen LogP contribution in [0, 0.1) is 11.6 Å². The Hall–Kier alpha value is -1.89. The maximum atomic E-state index is 14.2. The fourth-order valence-electron chi connectivity index (χ4n) is 2.10. The van der Waals surface area contributed by atoms with Crippen molar-refractivity contribution in [2.75, 3.05) is 25.2 Å². The lowest BCUT2D eigenvalue weighted by Crippen LogP contribution is -2.31. The fraction of sp³-hybridized carbons (Fsp3) is 0.462. The van der Waals surface area contributed by atoms with Crippen LogP contribution in [0.3, 0.4) is 0 Å². The van der Waals surface area contributed by atoms with Crippen molar-refractivity contribution >= 4 is 11.5 Å². The first-order valence-electron chi connectivity index (χ1n) is 6.31. The van der Waals surface area contributed by atoms with E-state index in [0.717, 1.165) is 25.0 Å². The zero-order chi connectivity index (χ0) is 14.7. The van der Waals surface area contributed by atoms with E-state index in [9.17, 15) is 8.78 Å². The van der Waals surface area contributed by atoms with Crippen LogP contribution in [-0.2, 0) is 4.74 Å². The number of hydrogen-bond donors (Lipinski definition) is 2. The summed E-state index contributed by atoms with van der Waals surface area (Å²) in [5, 5.41) is 11.3. The van der Waals surface area contributed by atoms with E-state index in [2.05, 4.69) is 5.16 Å². The Morgan fingerprint density at radius 3 is 2.50 bits per heavy atom. The Bertz CT molecular complexity index is 495. The van der Waals surface area contributed by atoms with Crippen LogP contribution >= 0.6 is 0 Å². The zero-order valence-electron chi connectivity index (χ0n) is 11.1. The molecule has 3 N–H and O–H groups in total. The molecule has 5 nitrogen and oxygen atoms in total. The van der Waals surface area contributed by atoms with Crippen LogP contribution in [0.1, 0.15) is 18.4 Å². The van der Waals surface area contributed by atoms with Gasteiger partial charge in [-0.2, -0.15) is 0 Å². The first-order valence-corrected chi connectivity index (χ1v) is 6.31. The van der Waals surface area contributed by atoms with Crippen LogP contribution in [-0.4, -0.2) is 37.3 Å². The van der Waals surface area contributed by atoms with E-state index < -0.39 is 11.6 Å². The minimum atomic E-state index is -0.727. The number of hydrogen-bond acceptors (Lipinski definition) is 4. The molecule has 0 saturated heterocycles. The van der Waals surface area contributed by atoms with Gasteiger partial charge in [0.2, 0.25) is 0 Å².